The van der Waals surface area contributed by atoms with Gasteiger partial charge in [-0.2, -0.15) is 13.2 Å². The van der Waals surface area contributed by atoms with Crippen LogP contribution in [0.1, 0.15) is 46.7 Å². The molecule has 0 unspecified atom stereocenters. The van der Waals surface area contributed by atoms with Crippen LogP contribution in [0.4, 0.5) is 17.6 Å². The van der Waals surface area contributed by atoms with Crippen LogP contribution in [0.15, 0.2) is 46.9 Å². The van der Waals surface area contributed by atoms with Gasteiger partial charge >= 0.3 is 6.18 Å². The molecule has 2 heterocycles. The van der Waals surface area contributed by atoms with Crippen molar-refractivity contribution in [2.24, 2.45) is 11.7 Å². The molecule has 39 heavy (non-hydrogen) atoms. The molecule has 2 saturated heterocycles. The van der Waals surface area contributed by atoms with Gasteiger partial charge in [0.1, 0.15) is 5.82 Å². The van der Waals surface area contributed by atoms with E-state index in [1.54, 1.807) is 19.2 Å². The highest BCUT2D eigenvalue weighted by Crippen LogP contribution is 2.33. The van der Waals surface area contributed by atoms with E-state index in [1.807, 2.05) is 0 Å². The number of halogens is 5. The third kappa shape index (κ3) is 7.58. The van der Waals surface area contributed by atoms with Crippen LogP contribution in [0, 0.1) is 11.7 Å². The summed E-state index contributed by atoms with van der Waals surface area (Å²) >= 11 is 3.08. The maximum atomic E-state index is 13.6. The van der Waals surface area contributed by atoms with Crippen molar-refractivity contribution in [3.05, 3.63) is 69.4 Å². The molecule has 6 nitrogen and oxygen atoms in total. The lowest BCUT2D eigenvalue weighted by Gasteiger charge is -2.47. The molecule has 2 N–H and O–H groups in total. The Morgan fingerprint density at radius 2 is 1.74 bits per heavy atom. The topological polar surface area (TPSA) is 69.9 Å². The van der Waals surface area contributed by atoms with Crippen LogP contribution >= 0.6 is 15.9 Å². The van der Waals surface area contributed by atoms with Gasteiger partial charge in [-0.15, -0.1) is 0 Å². The fourth-order valence-electron chi connectivity index (χ4n) is 5.45. The predicted octanol–water partition coefficient (Wildman–Crippen LogP) is 4.73. The van der Waals surface area contributed by atoms with Crippen LogP contribution in [-0.2, 0) is 11.0 Å². The van der Waals surface area contributed by atoms with Gasteiger partial charge in [-0.25, -0.2) is 4.39 Å². The van der Waals surface area contributed by atoms with Gasteiger partial charge in [-0.05, 0) is 74.8 Å². The number of amides is 2. The van der Waals surface area contributed by atoms with E-state index in [4.69, 9.17) is 5.73 Å². The van der Waals surface area contributed by atoms with Crippen molar-refractivity contribution in [3.8, 4) is 0 Å². The van der Waals surface area contributed by atoms with Gasteiger partial charge in [0.15, 0.2) is 0 Å². The molecule has 11 heteroatoms. The molecule has 1 atom stereocenters. The number of nitrogens with zero attached hydrogens (tertiary/aromatic N) is 3. The van der Waals surface area contributed by atoms with Crippen LogP contribution in [0.3, 0.4) is 0 Å². The van der Waals surface area contributed by atoms with Gasteiger partial charge in [-0.3, -0.25) is 14.5 Å². The van der Waals surface area contributed by atoms with Crippen LogP contribution < -0.4 is 5.73 Å². The first-order valence-electron chi connectivity index (χ1n) is 13.0. The Labute approximate surface area is 234 Å². The molecule has 0 spiro atoms. The highest BCUT2D eigenvalue weighted by atomic mass is 79.9. The van der Waals surface area contributed by atoms with Crippen LogP contribution in [0.5, 0.6) is 0 Å². The average Bonchev–Trinajstić information content (AvgIpc) is 2.86. The summed E-state index contributed by atoms with van der Waals surface area (Å²) in [6, 6.07) is 9.77. The maximum absolute atomic E-state index is 13.6. The molecular formula is C28H33BrF4N4O2. The van der Waals surface area contributed by atoms with E-state index < -0.39 is 17.6 Å². The average molecular weight is 613 g/mol. The summed E-state index contributed by atoms with van der Waals surface area (Å²) in [5.74, 6) is -1.26. The lowest BCUT2D eigenvalue weighted by Crippen LogP contribution is -2.61. The van der Waals surface area contributed by atoms with Crippen molar-refractivity contribution in [3.63, 3.8) is 0 Å². The summed E-state index contributed by atoms with van der Waals surface area (Å²) in [6.45, 7) is 4.59. The van der Waals surface area contributed by atoms with E-state index in [2.05, 4.69) is 25.7 Å². The highest BCUT2D eigenvalue weighted by molar-refractivity contribution is 9.10. The summed E-state index contributed by atoms with van der Waals surface area (Å²) in [5.41, 5.74) is 5.36. The molecule has 2 amide bonds. The molecule has 0 radical (unpaired) electrons. The van der Waals surface area contributed by atoms with Crippen molar-refractivity contribution in [2.75, 3.05) is 46.3 Å². The molecule has 2 aliphatic rings. The Morgan fingerprint density at radius 1 is 1.10 bits per heavy atom. The first-order chi connectivity index (χ1) is 18.4. The zero-order valence-corrected chi connectivity index (χ0v) is 23.3. The molecule has 0 bridgehead atoms. The molecule has 2 aromatic rings. The third-order valence-electron chi connectivity index (χ3n) is 7.83. The van der Waals surface area contributed by atoms with E-state index in [-0.39, 0.29) is 40.1 Å². The van der Waals surface area contributed by atoms with Gasteiger partial charge in [0.05, 0.1) is 5.56 Å². The minimum Gasteiger partial charge on any atom is -0.369 e. The van der Waals surface area contributed by atoms with Gasteiger partial charge in [0, 0.05) is 54.6 Å². The Morgan fingerprint density at radius 3 is 2.33 bits per heavy atom. The fraction of sp³-hybridized carbons (Fsp3) is 0.500. The number of hydrogen-bond acceptors (Lipinski definition) is 4. The quantitative estimate of drug-likeness (QED) is 0.416. The third-order valence-corrected chi connectivity index (χ3v) is 8.29. The molecule has 2 aromatic carbocycles. The van der Waals surface area contributed by atoms with Crippen LogP contribution in [0.2, 0.25) is 0 Å². The fourth-order valence-corrected chi connectivity index (χ4v) is 5.95. The maximum Gasteiger partial charge on any atom is 0.416 e. The summed E-state index contributed by atoms with van der Waals surface area (Å²) in [6.07, 6.45) is -2.28. The van der Waals surface area contributed by atoms with Gasteiger partial charge in [-0.1, -0.05) is 28.1 Å². The highest BCUT2D eigenvalue weighted by Gasteiger charge is 2.35. The van der Waals surface area contributed by atoms with E-state index in [1.165, 1.54) is 23.1 Å². The molecule has 0 aliphatic carbocycles. The Kier molecular flexibility index (Phi) is 9.33. The van der Waals surface area contributed by atoms with Crippen molar-refractivity contribution in [1.29, 1.82) is 0 Å². The summed E-state index contributed by atoms with van der Waals surface area (Å²) in [5, 5.41) is 0. The number of carbonyl (C=O) groups excluding carboxylic acids is 2. The molecule has 4 rings (SSSR count). The molecular weight excluding hydrogens is 580 g/mol. The van der Waals surface area contributed by atoms with Crippen LogP contribution in [-0.4, -0.2) is 78.9 Å². The largest absolute Gasteiger partial charge is 0.416 e. The number of rotatable bonds is 9. The zero-order valence-electron chi connectivity index (χ0n) is 21.8. The second-order valence-electron chi connectivity index (χ2n) is 10.6. The number of alkyl halides is 3. The number of primary amides is 1. The Balaban J connectivity index is 1.37. The van der Waals surface area contributed by atoms with E-state index in [0.717, 1.165) is 63.3 Å². The monoisotopic (exact) mass is 612 g/mol. The standard InChI is InChI=1S/C28H33BrF4N4O2/c1-35(27(39)21-12-22(28(31,32)33)14-23(29)13-21)15-20(18-2-4-24(30)5-3-18)6-9-36-16-25(17-36)37-10-7-19(8-11-37)26(34)38/h2-5,12-14,19-20,25H,6-11,15-17H2,1H3,(H2,34,38)/t20-/m1/s1. The predicted molar refractivity (Wildman–Crippen MR) is 144 cm³/mol. The minimum absolute atomic E-state index is 0.0364. The first-order valence-corrected chi connectivity index (χ1v) is 13.8. The normalized spacial score (nSPS) is 18.5. The Hall–Kier alpha value is -2.50. The number of carbonyl (C=O) groups is 2. The number of hydrogen-bond donors (Lipinski definition) is 1. The Bertz CT molecular complexity index is 1160. The second kappa shape index (κ2) is 12.3. The SMILES string of the molecule is CN(C[C@@H](CCN1CC(N2CCC(C(N)=O)CC2)C1)c1ccc(F)cc1)C(=O)c1cc(Br)cc(C(F)(F)F)c1. The van der Waals surface area contributed by atoms with E-state index in [9.17, 15) is 27.2 Å². The number of likely N-dealkylation sites (tertiary alicyclic amines) is 2. The van der Waals surface area contributed by atoms with Crippen molar-refractivity contribution < 1.29 is 27.2 Å². The van der Waals surface area contributed by atoms with Crippen molar-refractivity contribution in [1.82, 2.24) is 14.7 Å². The van der Waals surface area contributed by atoms with E-state index >= 15 is 0 Å². The number of nitrogens with two attached hydrogens (primary N) is 1. The summed E-state index contributed by atoms with van der Waals surface area (Å²) in [4.78, 5) is 30.7. The number of benzene rings is 2. The summed E-state index contributed by atoms with van der Waals surface area (Å²) < 4.78 is 53.6. The van der Waals surface area contributed by atoms with Gasteiger partial charge in [0.2, 0.25) is 5.91 Å². The molecule has 0 aromatic heterocycles. The first kappa shape index (κ1) is 29.5. The van der Waals surface area contributed by atoms with E-state index in [0.29, 0.717) is 12.5 Å². The molecule has 212 valence electrons. The lowest BCUT2D eigenvalue weighted by molar-refractivity contribution is -0.137. The molecule has 0 saturated carbocycles. The number of likely N-dealkylation sites (N-methyl/N-ethyl adjacent to an activating group) is 1. The summed E-state index contributed by atoms with van der Waals surface area (Å²) in [7, 11) is 1.57. The van der Waals surface area contributed by atoms with Gasteiger partial charge < -0.3 is 15.5 Å². The zero-order chi connectivity index (χ0) is 28.3. The molecule has 2 aliphatic heterocycles. The van der Waals surface area contributed by atoms with Crippen LogP contribution in [0.25, 0.3) is 0 Å². The van der Waals surface area contributed by atoms with Crippen molar-refractivity contribution >= 4 is 27.7 Å². The molecule has 2 fully saturated rings. The van der Waals surface area contributed by atoms with Gasteiger partial charge in [0.25, 0.3) is 5.91 Å². The second-order valence-corrected chi connectivity index (χ2v) is 11.5. The minimum atomic E-state index is -4.57. The number of piperidine rings is 1. The lowest BCUT2D eigenvalue weighted by atomic mass is 9.92. The van der Waals surface area contributed by atoms with Crippen molar-refractivity contribution in [2.45, 2.75) is 37.4 Å². The smallest absolute Gasteiger partial charge is 0.369 e.